The van der Waals surface area contributed by atoms with Crippen LogP contribution < -0.4 is 10.1 Å². The third-order valence-corrected chi connectivity index (χ3v) is 9.06. The van der Waals surface area contributed by atoms with Gasteiger partial charge in [-0.15, -0.1) is 0 Å². The van der Waals surface area contributed by atoms with Crippen molar-refractivity contribution in [2.45, 2.75) is 39.0 Å². The van der Waals surface area contributed by atoms with E-state index in [1.807, 2.05) is 30.3 Å². The van der Waals surface area contributed by atoms with Crippen LogP contribution in [0.25, 0.3) is 17.2 Å². The number of alkyl carbamates (subject to hydrolysis) is 1. The van der Waals surface area contributed by atoms with E-state index in [-0.39, 0.29) is 59.3 Å². The highest BCUT2D eigenvalue weighted by molar-refractivity contribution is 6.06. The fraction of sp³-hybridized carbons (Fsp3) is 0.270. The number of hydrogen-bond acceptors (Lipinski definition) is 9. The average Bonchev–Trinajstić information content (AvgIpc) is 3.45. The smallest absolute Gasteiger partial charge is 0.408 e. The molecule has 1 N–H and O–H groups in total. The van der Waals surface area contributed by atoms with Crippen LogP contribution in [-0.4, -0.2) is 66.6 Å². The maximum absolute atomic E-state index is 14.3. The first-order valence-corrected chi connectivity index (χ1v) is 16.3. The predicted molar refractivity (Wildman–Crippen MR) is 179 cm³/mol. The van der Waals surface area contributed by atoms with Gasteiger partial charge in [0.2, 0.25) is 11.8 Å². The molecule has 2 aliphatic rings. The number of nitrogens with one attached hydrogen (secondary N) is 1. The van der Waals surface area contributed by atoms with E-state index in [0.717, 1.165) is 17.7 Å². The predicted octanol–water partition coefficient (Wildman–Crippen LogP) is 5.52. The number of piperidine rings is 1. The highest BCUT2D eigenvalue weighted by atomic mass is 19.2. The second kappa shape index (κ2) is 13.3. The van der Waals surface area contributed by atoms with Gasteiger partial charge in [0.05, 0.1) is 16.8 Å². The molecule has 0 spiro atoms. The number of carbonyl (C=O) groups is 3. The Morgan fingerprint density at radius 2 is 1.67 bits per heavy atom. The highest BCUT2D eigenvalue weighted by Gasteiger charge is 2.59. The summed E-state index contributed by atoms with van der Waals surface area (Å²) in [7, 11) is 0. The number of ether oxygens (including phenoxy) is 2. The van der Waals surface area contributed by atoms with Gasteiger partial charge in [0.25, 0.3) is 5.91 Å². The first-order chi connectivity index (χ1) is 24.5. The molecule has 260 valence electrons. The van der Waals surface area contributed by atoms with Gasteiger partial charge in [0.1, 0.15) is 18.4 Å². The van der Waals surface area contributed by atoms with Crippen LogP contribution in [0.4, 0.5) is 13.6 Å². The second-order valence-electron chi connectivity index (χ2n) is 13.1. The largest absolute Gasteiger partial charge is 0.474 e. The van der Waals surface area contributed by atoms with Gasteiger partial charge in [0, 0.05) is 62.1 Å². The summed E-state index contributed by atoms with van der Waals surface area (Å²) in [4.78, 5) is 53.4. The van der Waals surface area contributed by atoms with Crippen molar-refractivity contribution in [1.29, 1.82) is 0 Å². The molecule has 5 aromatic rings. The van der Waals surface area contributed by atoms with Crippen LogP contribution >= 0.6 is 0 Å². The van der Waals surface area contributed by atoms with Gasteiger partial charge < -0.3 is 19.7 Å². The molecule has 1 saturated heterocycles. The molecule has 4 heterocycles. The number of pyridine rings is 1. The Kier molecular flexibility index (Phi) is 8.75. The summed E-state index contributed by atoms with van der Waals surface area (Å²) in [6, 6.07) is 17.8. The Bertz CT molecular complexity index is 2110. The molecule has 2 aromatic carbocycles. The van der Waals surface area contributed by atoms with E-state index in [0.29, 0.717) is 29.9 Å². The molecule has 2 fully saturated rings. The van der Waals surface area contributed by atoms with Gasteiger partial charge in [0.15, 0.2) is 17.4 Å². The molecule has 3 atom stereocenters. The lowest BCUT2D eigenvalue weighted by Crippen LogP contribution is -2.41. The van der Waals surface area contributed by atoms with Crippen LogP contribution in [0.3, 0.4) is 0 Å². The molecule has 2 amide bonds. The number of halogens is 2. The summed E-state index contributed by atoms with van der Waals surface area (Å²) in [6.07, 6.45) is 3.63. The molecule has 1 aliphatic carbocycles. The van der Waals surface area contributed by atoms with Crippen LogP contribution in [0.15, 0.2) is 85.3 Å². The Balaban J connectivity index is 1.08. The number of ketones is 1. The number of benzene rings is 2. The minimum Gasteiger partial charge on any atom is -0.474 e. The summed E-state index contributed by atoms with van der Waals surface area (Å²) >= 11 is 0. The van der Waals surface area contributed by atoms with Crippen LogP contribution in [0, 0.1) is 23.5 Å². The van der Waals surface area contributed by atoms with E-state index >= 15 is 0 Å². The fourth-order valence-electron chi connectivity index (χ4n) is 6.24. The van der Waals surface area contributed by atoms with Crippen molar-refractivity contribution >= 4 is 17.8 Å². The molecule has 0 bridgehead atoms. The van der Waals surface area contributed by atoms with Gasteiger partial charge in [-0.2, -0.15) is 5.10 Å². The molecule has 51 heavy (non-hydrogen) atoms. The Hall–Kier alpha value is -6.05. The number of Topliss-reactive ketones (excluding diaryl/α,β-unsaturated/α-hetero) is 1. The molecule has 14 heteroatoms. The number of fused-ring (bicyclic) bond motifs is 1. The monoisotopic (exact) mass is 693 g/mol. The number of amides is 2. The van der Waals surface area contributed by atoms with E-state index in [1.165, 1.54) is 36.3 Å². The maximum Gasteiger partial charge on any atom is 0.408 e. The minimum atomic E-state index is -1.03. The lowest BCUT2D eigenvalue weighted by molar-refractivity contribution is 0.0746. The molecular weight excluding hydrogens is 660 g/mol. The number of aromatic nitrogens is 5. The van der Waals surface area contributed by atoms with Crippen molar-refractivity contribution in [3.05, 3.63) is 119 Å². The Labute approximate surface area is 291 Å². The van der Waals surface area contributed by atoms with Gasteiger partial charge in [-0.25, -0.2) is 33.2 Å². The van der Waals surface area contributed by atoms with Gasteiger partial charge in [-0.05, 0) is 55.3 Å². The fourth-order valence-corrected chi connectivity index (χ4v) is 6.24. The van der Waals surface area contributed by atoms with E-state index in [2.05, 4.69) is 25.4 Å². The number of hydrogen-bond donors (Lipinski definition) is 1. The third-order valence-electron chi connectivity index (χ3n) is 9.06. The molecule has 7 rings (SSSR count). The number of nitrogens with zero attached hydrogens (tertiary/aromatic N) is 6. The van der Waals surface area contributed by atoms with E-state index in [1.54, 1.807) is 36.9 Å². The van der Waals surface area contributed by atoms with E-state index in [4.69, 9.17) is 9.47 Å². The first-order valence-electron chi connectivity index (χ1n) is 16.3. The minimum absolute atomic E-state index is 0.00139. The summed E-state index contributed by atoms with van der Waals surface area (Å²) in [5.74, 6) is -2.26. The quantitative estimate of drug-likeness (QED) is 0.187. The maximum atomic E-state index is 14.3. The van der Waals surface area contributed by atoms with Crippen molar-refractivity contribution in [2.75, 3.05) is 13.1 Å². The zero-order valence-corrected chi connectivity index (χ0v) is 27.9. The summed E-state index contributed by atoms with van der Waals surface area (Å²) in [6.45, 7) is 5.75. The summed E-state index contributed by atoms with van der Waals surface area (Å²) in [5.41, 5.74) is 1.25. The Morgan fingerprint density at radius 1 is 0.941 bits per heavy atom. The lowest BCUT2D eigenvalue weighted by atomic mass is 9.93. The molecule has 0 radical (unpaired) electrons. The van der Waals surface area contributed by atoms with E-state index in [9.17, 15) is 23.2 Å². The van der Waals surface area contributed by atoms with Crippen LogP contribution in [0.2, 0.25) is 0 Å². The van der Waals surface area contributed by atoms with Crippen molar-refractivity contribution < 1.29 is 32.6 Å². The average molecular weight is 694 g/mol. The second-order valence-corrected chi connectivity index (χ2v) is 13.1. The number of carbonyl (C=O) groups excluding carboxylic acids is 3. The van der Waals surface area contributed by atoms with E-state index < -0.39 is 23.3 Å². The van der Waals surface area contributed by atoms with Crippen molar-refractivity contribution in [3.63, 3.8) is 0 Å². The van der Waals surface area contributed by atoms with Crippen molar-refractivity contribution in [2.24, 2.45) is 11.8 Å². The summed E-state index contributed by atoms with van der Waals surface area (Å²) in [5, 5.41) is 7.15. The van der Waals surface area contributed by atoms with Gasteiger partial charge in [-0.1, -0.05) is 30.3 Å². The number of rotatable bonds is 10. The van der Waals surface area contributed by atoms with Crippen LogP contribution in [-0.2, 0) is 16.9 Å². The number of likely N-dealkylation sites (tertiary alicyclic amines) is 1. The SMILES string of the molecule is CC(=O)c1nn(-c2ncccn2)cc1C(=O)N1C[C@@H]2C(Oc3cc(C(C)(C)NC(=O)OCc4ccccc4)cc(-c4ccc(F)c(F)c4)n3)[C@@H]2C1. The van der Waals surface area contributed by atoms with Crippen molar-refractivity contribution in [3.8, 4) is 23.1 Å². The van der Waals surface area contributed by atoms with Crippen LogP contribution in [0.1, 0.15) is 52.7 Å². The van der Waals surface area contributed by atoms with Crippen LogP contribution in [0.5, 0.6) is 5.88 Å². The lowest BCUT2D eigenvalue weighted by Gasteiger charge is -2.27. The van der Waals surface area contributed by atoms with Crippen molar-refractivity contribution in [1.82, 2.24) is 34.9 Å². The zero-order valence-electron chi connectivity index (χ0n) is 27.9. The summed E-state index contributed by atoms with van der Waals surface area (Å²) < 4.78 is 41.2. The zero-order chi connectivity index (χ0) is 35.9. The van der Waals surface area contributed by atoms with Gasteiger partial charge in [-0.3, -0.25) is 9.59 Å². The molecule has 12 nitrogen and oxygen atoms in total. The normalized spacial score (nSPS) is 17.8. The standard InChI is InChI=1S/C37H33F2N7O5/c1-21(47)32-27(19-46(44-32)35-40-12-7-13-41-35)34(48)45-17-25-26(18-45)33(25)51-31-16-24(15-30(42-31)23-10-11-28(38)29(39)14-23)37(2,3)43-36(49)50-20-22-8-5-4-6-9-22/h4-16,19,25-26,33H,17-18,20H2,1-3H3,(H,43,49)/t25-,26+,33?. The highest BCUT2D eigenvalue weighted by Crippen LogP contribution is 2.48. The third kappa shape index (κ3) is 7.02. The van der Waals surface area contributed by atoms with Gasteiger partial charge >= 0.3 is 6.09 Å². The molecular formula is C37H33F2N7O5. The molecule has 1 unspecified atom stereocenters. The molecule has 1 aliphatic heterocycles. The molecule has 1 saturated carbocycles. The first kappa shape index (κ1) is 33.4. The molecule has 3 aromatic heterocycles. The topological polar surface area (TPSA) is 141 Å². The Morgan fingerprint density at radius 3 is 2.35 bits per heavy atom.